The predicted molar refractivity (Wildman–Crippen MR) is 93.1 cm³/mol. The van der Waals surface area contributed by atoms with Crippen LogP contribution in [0.25, 0.3) is 0 Å². The first-order chi connectivity index (χ1) is 11.5. The molecule has 1 aromatic carbocycles. The lowest BCUT2D eigenvalue weighted by molar-refractivity contribution is 0.0431. The average molecular weight is 352 g/mol. The quantitative estimate of drug-likeness (QED) is 0.779. The first-order valence-electron chi connectivity index (χ1n) is 8.15. The minimum Gasteiger partial charge on any atom is -0.390 e. The summed E-state index contributed by atoms with van der Waals surface area (Å²) in [4.78, 5) is 7.81. The molecule has 0 N–H and O–H groups in total. The summed E-state index contributed by atoms with van der Waals surface area (Å²) in [6.45, 7) is 3.23. The highest BCUT2D eigenvalue weighted by Gasteiger charge is 2.31. The van der Waals surface area contributed by atoms with Gasteiger partial charge in [-0.1, -0.05) is 35.5 Å². The highest BCUT2D eigenvalue weighted by molar-refractivity contribution is 7.86. The van der Waals surface area contributed by atoms with Crippen molar-refractivity contribution in [1.29, 1.82) is 0 Å². The topological polar surface area (TPSA) is 65.5 Å². The largest absolute Gasteiger partial charge is 0.390 e. The maximum Gasteiger partial charge on any atom is 0.281 e. The van der Waals surface area contributed by atoms with Crippen LogP contribution in [0.2, 0.25) is 0 Å². The van der Waals surface area contributed by atoms with E-state index in [1.165, 1.54) is 8.61 Å². The maximum atomic E-state index is 12.1. The third-order valence-electron chi connectivity index (χ3n) is 4.42. The average Bonchev–Trinajstić information content (AvgIpc) is 3.04. The van der Waals surface area contributed by atoms with Crippen molar-refractivity contribution < 1.29 is 13.3 Å². The van der Waals surface area contributed by atoms with Crippen molar-refractivity contribution in [3.63, 3.8) is 0 Å². The highest BCUT2D eigenvalue weighted by Crippen LogP contribution is 2.18. The van der Waals surface area contributed by atoms with Crippen LogP contribution >= 0.6 is 0 Å². The van der Waals surface area contributed by atoms with Gasteiger partial charge in [0.1, 0.15) is 6.10 Å². The van der Waals surface area contributed by atoms with Crippen LogP contribution in [0.1, 0.15) is 12.0 Å². The van der Waals surface area contributed by atoms with Crippen LogP contribution < -0.4 is 0 Å². The van der Waals surface area contributed by atoms with E-state index in [4.69, 9.17) is 4.84 Å². The van der Waals surface area contributed by atoms with E-state index in [9.17, 15) is 8.42 Å². The Morgan fingerprint density at radius 3 is 2.46 bits per heavy atom. The summed E-state index contributed by atoms with van der Waals surface area (Å²) in [5.41, 5.74) is 2.08. The van der Waals surface area contributed by atoms with Crippen molar-refractivity contribution in [1.82, 2.24) is 13.5 Å². The van der Waals surface area contributed by atoms with E-state index in [1.807, 2.05) is 30.3 Å². The number of hydrogen-bond donors (Lipinski definition) is 0. The molecule has 132 valence electrons. The van der Waals surface area contributed by atoms with Crippen molar-refractivity contribution in [3.8, 4) is 0 Å². The van der Waals surface area contributed by atoms with Gasteiger partial charge in [0.25, 0.3) is 10.2 Å². The minimum absolute atomic E-state index is 0.0391. The van der Waals surface area contributed by atoms with Gasteiger partial charge in [0.2, 0.25) is 0 Å². The van der Waals surface area contributed by atoms with E-state index >= 15 is 0 Å². The van der Waals surface area contributed by atoms with Gasteiger partial charge >= 0.3 is 0 Å². The Bertz CT molecular complexity index is 683. The molecule has 1 fully saturated rings. The number of piperazine rings is 1. The zero-order valence-corrected chi connectivity index (χ0v) is 14.9. The fourth-order valence-electron chi connectivity index (χ4n) is 2.99. The first kappa shape index (κ1) is 17.3. The lowest BCUT2D eigenvalue weighted by atomic mass is 10.0. The van der Waals surface area contributed by atoms with E-state index in [1.54, 1.807) is 14.1 Å². The van der Waals surface area contributed by atoms with Crippen LogP contribution in [0.15, 0.2) is 35.5 Å². The van der Waals surface area contributed by atoms with Crippen molar-refractivity contribution in [2.24, 2.45) is 5.16 Å². The van der Waals surface area contributed by atoms with Crippen molar-refractivity contribution >= 4 is 15.9 Å². The summed E-state index contributed by atoms with van der Waals surface area (Å²) in [7, 11) is -0.177. The second kappa shape index (κ2) is 7.18. The smallest absolute Gasteiger partial charge is 0.281 e. The van der Waals surface area contributed by atoms with Gasteiger partial charge < -0.3 is 4.84 Å². The lowest BCUT2D eigenvalue weighted by Gasteiger charge is -2.35. The third-order valence-corrected chi connectivity index (χ3v) is 6.36. The predicted octanol–water partition coefficient (Wildman–Crippen LogP) is 0.604. The summed E-state index contributed by atoms with van der Waals surface area (Å²) in [5.74, 6) is 0. The fourth-order valence-corrected chi connectivity index (χ4v) is 4.08. The van der Waals surface area contributed by atoms with Gasteiger partial charge in [-0.2, -0.15) is 17.0 Å². The SMILES string of the molecule is CN(C)S(=O)(=O)N1CCN(CC2CC(c3ccccc3)=NO2)CC1. The van der Waals surface area contributed by atoms with Crippen LogP contribution in [0.3, 0.4) is 0 Å². The fraction of sp³-hybridized carbons (Fsp3) is 0.562. The van der Waals surface area contributed by atoms with Gasteiger partial charge in [-0.05, 0) is 5.56 Å². The molecular formula is C16H24N4O3S. The molecule has 2 heterocycles. The molecule has 1 unspecified atom stereocenters. The monoisotopic (exact) mass is 352 g/mol. The lowest BCUT2D eigenvalue weighted by Crippen LogP contribution is -2.52. The molecule has 1 aromatic rings. The minimum atomic E-state index is -3.31. The van der Waals surface area contributed by atoms with E-state index < -0.39 is 10.2 Å². The van der Waals surface area contributed by atoms with Crippen LogP contribution in [0, 0.1) is 0 Å². The van der Waals surface area contributed by atoms with E-state index in [2.05, 4.69) is 10.1 Å². The van der Waals surface area contributed by atoms with Crippen LogP contribution in [-0.2, 0) is 15.0 Å². The standard InChI is InChI=1S/C16H24N4O3S/c1-18(2)24(21,22)20-10-8-19(9-11-20)13-15-12-16(17-23-15)14-6-4-3-5-7-14/h3-7,15H,8-13H2,1-2H3. The molecule has 1 atom stereocenters. The summed E-state index contributed by atoms with van der Waals surface area (Å²) in [6.07, 6.45) is 0.831. The molecule has 8 heteroatoms. The van der Waals surface area contributed by atoms with Gasteiger partial charge in [-0.25, -0.2) is 0 Å². The number of oxime groups is 1. The number of hydrogen-bond acceptors (Lipinski definition) is 5. The van der Waals surface area contributed by atoms with Gasteiger partial charge in [-0.15, -0.1) is 0 Å². The summed E-state index contributed by atoms with van der Waals surface area (Å²) >= 11 is 0. The summed E-state index contributed by atoms with van der Waals surface area (Å²) < 4.78 is 27.1. The third kappa shape index (κ3) is 3.77. The molecule has 1 saturated heterocycles. The number of nitrogens with zero attached hydrogens (tertiary/aromatic N) is 4. The van der Waals surface area contributed by atoms with Gasteiger partial charge in [0.05, 0.1) is 5.71 Å². The van der Waals surface area contributed by atoms with E-state index in [-0.39, 0.29) is 6.10 Å². The van der Waals surface area contributed by atoms with Gasteiger partial charge in [-0.3, -0.25) is 4.90 Å². The zero-order valence-electron chi connectivity index (χ0n) is 14.1. The molecule has 0 spiro atoms. The summed E-state index contributed by atoms with van der Waals surface area (Å²) in [5, 5.41) is 4.21. The molecule has 24 heavy (non-hydrogen) atoms. The van der Waals surface area contributed by atoms with Crippen molar-refractivity contribution in [3.05, 3.63) is 35.9 Å². The Kier molecular flexibility index (Phi) is 5.19. The molecule has 7 nitrogen and oxygen atoms in total. The molecular weight excluding hydrogens is 328 g/mol. The van der Waals surface area contributed by atoms with Crippen LogP contribution in [0.4, 0.5) is 0 Å². The Balaban J connectivity index is 1.48. The number of benzene rings is 1. The second-order valence-electron chi connectivity index (χ2n) is 6.33. The van der Waals surface area contributed by atoms with E-state index in [0.29, 0.717) is 26.2 Å². The van der Waals surface area contributed by atoms with Crippen molar-refractivity contribution in [2.75, 3.05) is 46.8 Å². The van der Waals surface area contributed by atoms with Gasteiger partial charge in [0, 0.05) is 53.2 Å². The Hall–Kier alpha value is -1.48. The first-order valence-corrected chi connectivity index (χ1v) is 9.54. The van der Waals surface area contributed by atoms with Gasteiger partial charge in [0.15, 0.2) is 0 Å². The molecule has 2 aliphatic heterocycles. The summed E-state index contributed by atoms with van der Waals surface area (Å²) in [6, 6.07) is 10.1. The molecule has 0 aliphatic carbocycles. The molecule has 0 aromatic heterocycles. The molecule has 2 aliphatic rings. The molecule has 0 saturated carbocycles. The zero-order chi connectivity index (χ0) is 17.2. The Labute approximate surface area is 143 Å². The number of rotatable bonds is 5. The molecule has 0 amide bonds. The van der Waals surface area contributed by atoms with Crippen LogP contribution in [-0.4, -0.2) is 80.6 Å². The Morgan fingerprint density at radius 2 is 1.83 bits per heavy atom. The second-order valence-corrected chi connectivity index (χ2v) is 8.47. The molecule has 0 bridgehead atoms. The van der Waals surface area contributed by atoms with Crippen molar-refractivity contribution in [2.45, 2.75) is 12.5 Å². The maximum absolute atomic E-state index is 12.1. The molecule has 0 radical (unpaired) electrons. The van der Waals surface area contributed by atoms with Crippen LogP contribution in [0.5, 0.6) is 0 Å². The Morgan fingerprint density at radius 1 is 1.17 bits per heavy atom. The normalized spacial score (nSPS) is 23.3. The molecule has 3 rings (SSSR count). The van der Waals surface area contributed by atoms with E-state index in [0.717, 1.165) is 24.2 Å². The highest BCUT2D eigenvalue weighted by atomic mass is 32.2.